The molecule has 2 unspecified atom stereocenters. The van der Waals surface area contributed by atoms with E-state index in [1.807, 2.05) is 4.90 Å². The summed E-state index contributed by atoms with van der Waals surface area (Å²) in [6.45, 7) is 3.13. The number of halogens is 1. The quantitative estimate of drug-likeness (QED) is 0.930. The Morgan fingerprint density at radius 3 is 3.10 bits per heavy atom. The number of aliphatic carboxylic acids is 1. The van der Waals surface area contributed by atoms with E-state index in [4.69, 9.17) is 4.74 Å². The van der Waals surface area contributed by atoms with E-state index in [-0.39, 0.29) is 11.9 Å². The summed E-state index contributed by atoms with van der Waals surface area (Å²) in [5.74, 6) is -0.314. The summed E-state index contributed by atoms with van der Waals surface area (Å²) in [4.78, 5) is 13.6. The topological polar surface area (TPSA) is 49.8 Å². The van der Waals surface area contributed by atoms with Crippen molar-refractivity contribution in [2.45, 2.75) is 44.2 Å². The Morgan fingerprint density at radius 1 is 1.52 bits per heavy atom. The van der Waals surface area contributed by atoms with Crippen LogP contribution < -0.4 is 4.74 Å². The minimum absolute atomic E-state index is 0.0985. The van der Waals surface area contributed by atoms with Gasteiger partial charge in [-0.2, -0.15) is 0 Å². The smallest absolute Gasteiger partial charge is 0.323 e. The first-order valence-electron chi connectivity index (χ1n) is 7.42. The number of likely N-dealkylation sites (tertiary alicyclic amines) is 1. The van der Waals surface area contributed by atoms with E-state index >= 15 is 0 Å². The molecule has 114 valence electrons. The minimum Gasteiger partial charge on any atom is -0.488 e. The predicted molar refractivity (Wildman–Crippen MR) is 76.0 cm³/mol. The van der Waals surface area contributed by atoms with Crippen molar-refractivity contribution in [3.63, 3.8) is 0 Å². The fourth-order valence-electron chi connectivity index (χ4n) is 3.35. The summed E-state index contributed by atoms with van der Waals surface area (Å²) >= 11 is 0. The first-order chi connectivity index (χ1) is 9.99. The van der Waals surface area contributed by atoms with E-state index in [9.17, 15) is 14.3 Å². The third-order valence-corrected chi connectivity index (χ3v) is 4.69. The maximum absolute atomic E-state index is 13.2. The lowest BCUT2D eigenvalue weighted by atomic mass is 9.88. The number of nitrogens with zero attached hydrogens (tertiary/aromatic N) is 1. The average Bonchev–Trinajstić information content (AvgIpc) is 2.82. The number of fused-ring (bicyclic) bond motifs is 1. The summed E-state index contributed by atoms with van der Waals surface area (Å²) in [6.07, 6.45) is 3.15. The summed E-state index contributed by atoms with van der Waals surface area (Å²) in [6, 6.07) is 4.54. The van der Waals surface area contributed by atoms with Gasteiger partial charge in [-0.25, -0.2) is 4.39 Å². The molecule has 0 aliphatic carbocycles. The van der Waals surface area contributed by atoms with Crippen LogP contribution in [0.15, 0.2) is 18.2 Å². The van der Waals surface area contributed by atoms with Crippen molar-refractivity contribution in [3.8, 4) is 5.75 Å². The van der Waals surface area contributed by atoms with Crippen LogP contribution in [-0.4, -0.2) is 40.7 Å². The zero-order valence-corrected chi connectivity index (χ0v) is 12.1. The standard InChI is InChI=1S/C16H20FNO3/c1-16(15(19)20)6-2-3-7-18(16)10-13-9-11-8-12(17)4-5-14(11)21-13/h4-5,8,13H,2-3,6-7,9-10H2,1H3,(H,19,20). The second kappa shape index (κ2) is 5.30. The van der Waals surface area contributed by atoms with Gasteiger partial charge in [0.2, 0.25) is 0 Å². The molecule has 3 rings (SSSR count). The Hall–Kier alpha value is -1.62. The van der Waals surface area contributed by atoms with E-state index in [0.717, 1.165) is 30.7 Å². The number of ether oxygens (including phenoxy) is 1. The number of piperidine rings is 1. The fourth-order valence-corrected chi connectivity index (χ4v) is 3.35. The predicted octanol–water partition coefficient (Wildman–Crippen LogP) is 2.46. The van der Waals surface area contributed by atoms with E-state index in [1.165, 1.54) is 12.1 Å². The van der Waals surface area contributed by atoms with E-state index in [1.54, 1.807) is 13.0 Å². The van der Waals surface area contributed by atoms with Crippen LogP contribution in [0.5, 0.6) is 5.75 Å². The summed E-state index contributed by atoms with van der Waals surface area (Å²) < 4.78 is 19.1. The zero-order valence-electron chi connectivity index (χ0n) is 12.1. The Balaban J connectivity index is 1.71. The molecule has 0 amide bonds. The van der Waals surface area contributed by atoms with Crippen LogP contribution >= 0.6 is 0 Å². The van der Waals surface area contributed by atoms with Crippen molar-refractivity contribution in [1.29, 1.82) is 0 Å². The van der Waals surface area contributed by atoms with Gasteiger partial charge in [0.25, 0.3) is 0 Å². The molecule has 0 radical (unpaired) electrons. The van der Waals surface area contributed by atoms with Crippen LogP contribution in [0.4, 0.5) is 4.39 Å². The SMILES string of the molecule is CC1(C(=O)O)CCCCN1CC1Cc2cc(F)ccc2O1. The Kier molecular flexibility index (Phi) is 3.61. The first kappa shape index (κ1) is 14.3. The number of benzene rings is 1. The number of carboxylic acids is 1. The lowest BCUT2D eigenvalue weighted by Crippen LogP contribution is -2.57. The molecule has 1 saturated heterocycles. The normalized spacial score (nSPS) is 29.0. The molecule has 1 N–H and O–H groups in total. The molecule has 2 heterocycles. The molecule has 21 heavy (non-hydrogen) atoms. The Bertz CT molecular complexity index is 562. The molecule has 1 aromatic rings. The summed E-state index contributed by atoms with van der Waals surface area (Å²) in [5.41, 5.74) is 0.0517. The highest BCUT2D eigenvalue weighted by molar-refractivity contribution is 5.78. The van der Waals surface area contributed by atoms with E-state index in [2.05, 4.69) is 0 Å². The second-order valence-electron chi connectivity index (χ2n) is 6.18. The molecular weight excluding hydrogens is 273 g/mol. The van der Waals surface area contributed by atoms with Gasteiger partial charge in [-0.15, -0.1) is 0 Å². The van der Waals surface area contributed by atoms with Gasteiger partial charge in [0.1, 0.15) is 23.2 Å². The number of rotatable bonds is 3. The Morgan fingerprint density at radius 2 is 2.33 bits per heavy atom. The largest absolute Gasteiger partial charge is 0.488 e. The van der Waals surface area contributed by atoms with Gasteiger partial charge in [-0.1, -0.05) is 0 Å². The number of carbonyl (C=O) groups is 1. The van der Waals surface area contributed by atoms with Gasteiger partial charge in [0.15, 0.2) is 0 Å². The lowest BCUT2D eigenvalue weighted by molar-refractivity contribution is -0.153. The molecule has 0 aromatic heterocycles. The third kappa shape index (κ3) is 2.62. The van der Waals surface area contributed by atoms with Crippen LogP contribution in [-0.2, 0) is 11.2 Å². The Labute approximate surface area is 123 Å². The maximum atomic E-state index is 13.2. The number of carboxylic acid groups (broad SMARTS) is 1. The van der Waals surface area contributed by atoms with Crippen LogP contribution in [0, 0.1) is 5.82 Å². The molecule has 5 heteroatoms. The van der Waals surface area contributed by atoms with E-state index in [0.29, 0.717) is 19.4 Å². The molecule has 2 aliphatic heterocycles. The van der Waals surface area contributed by atoms with Crippen molar-refractivity contribution in [2.24, 2.45) is 0 Å². The van der Waals surface area contributed by atoms with Crippen molar-refractivity contribution >= 4 is 5.97 Å². The maximum Gasteiger partial charge on any atom is 0.323 e. The molecule has 2 aliphatic rings. The molecule has 1 aromatic carbocycles. The third-order valence-electron chi connectivity index (χ3n) is 4.69. The lowest BCUT2D eigenvalue weighted by Gasteiger charge is -2.42. The van der Waals surface area contributed by atoms with Crippen LogP contribution in [0.3, 0.4) is 0 Å². The number of hydrogen-bond donors (Lipinski definition) is 1. The van der Waals surface area contributed by atoms with Crippen molar-refractivity contribution in [2.75, 3.05) is 13.1 Å². The van der Waals surface area contributed by atoms with Crippen LogP contribution in [0.2, 0.25) is 0 Å². The van der Waals surface area contributed by atoms with Crippen LogP contribution in [0.1, 0.15) is 31.7 Å². The molecular formula is C16H20FNO3. The number of hydrogen-bond acceptors (Lipinski definition) is 3. The average molecular weight is 293 g/mol. The van der Waals surface area contributed by atoms with Crippen molar-refractivity contribution < 1.29 is 19.0 Å². The molecule has 1 fully saturated rings. The zero-order chi connectivity index (χ0) is 15.0. The van der Waals surface area contributed by atoms with Crippen molar-refractivity contribution in [3.05, 3.63) is 29.6 Å². The fraction of sp³-hybridized carbons (Fsp3) is 0.562. The summed E-state index contributed by atoms with van der Waals surface area (Å²) in [5, 5.41) is 9.52. The highest BCUT2D eigenvalue weighted by Gasteiger charge is 2.42. The molecule has 0 saturated carbocycles. The highest BCUT2D eigenvalue weighted by atomic mass is 19.1. The molecule has 2 atom stereocenters. The van der Waals surface area contributed by atoms with Gasteiger partial charge in [-0.3, -0.25) is 9.69 Å². The second-order valence-corrected chi connectivity index (χ2v) is 6.18. The summed E-state index contributed by atoms with van der Waals surface area (Å²) in [7, 11) is 0. The van der Waals surface area contributed by atoms with Gasteiger partial charge in [0.05, 0.1) is 0 Å². The molecule has 4 nitrogen and oxygen atoms in total. The van der Waals surface area contributed by atoms with Gasteiger partial charge in [-0.05, 0) is 50.9 Å². The highest BCUT2D eigenvalue weighted by Crippen LogP contribution is 2.33. The molecule has 0 bridgehead atoms. The minimum atomic E-state index is -0.818. The van der Waals surface area contributed by atoms with Crippen molar-refractivity contribution in [1.82, 2.24) is 4.90 Å². The molecule has 0 spiro atoms. The van der Waals surface area contributed by atoms with Gasteiger partial charge >= 0.3 is 5.97 Å². The monoisotopic (exact) mass is 293 g/mol. The van der Waals surface area contributed by atoms with Crippen LogP contribution in [0.25, 0.3) is 0 Å². The van der Waals surface area contributed by atoms with Gasteiger partial charge < -0.3 is 9.84 Å². The van der Waals surface area contributed by atoms with E-state index < -0.39 is 11.5 Å². The van der Waals surface area contributed by atoms with Gasteiger partial charge in [0, 0.05) is 18.5 Å². The first-order valence-corrected chi connectivity index (χ1v) is 7.42.